The van der Waals surface area contributed by atoms with E-state index in [2.05, 4.69) is 5.32 Å². The van der Waals surface area contributed by atoms with Gasteiger partial charge in [0.15, 0.2) is 0 Å². The van der Waals surface area contributed by atoms with Crippen molar-refractivity contribution in [3.05, 3.63) is 34.9 Å². The van der Waals surface area contributed by atoms with Crippen LogP contribution < -0.4 is 5.32 Å². The van der Waals surface area contributed by atoms with Crippen molar-refractivity contribution in [3.8, 4) is 0 Å². The number of aliphatic hydroxyl groups excluding tert-OH is 1. The zero-order chi connectivity index (χ0) is 12.3. The lowest BCUT2D eigenvalue weighted by molar-refractivity contribution is -0.122. The number of hydrogen-bond acceptors (Lipinski definition) is 2. The summed E-state index contributed by atoms with van der Waals surface area (Å²) >= 11 is 6.01. The van der Waals surface area contributed by atoms with Crippen LogP contribution in [-0.2, 0) is 11.2 Å². The second-order valence-corrected chi connectivity index (χ2v) is 4.99. The van der Waals surface area contributed by atoms with E-state index in [1.54, 1.807) is 0 Å². The van der Waals surface area contributed by atoms with Gasteiger partial charge in [-0.05, 0) is 30.9 Å². The summed E-state index contributed by atoms with van der Waals surface area (Å²) in [6.45, 7) is 0.0326. The molecule has 92 valence electrons. The molecule has 17 heavy (non-hydrogen) atoms. The molecule has 0 heterocycles. The van der Waals surface area contributed by atoms with Crippen LogP contribution in [0.3, 0.4) is 0 Å². The summed E-state index contributed by atoms with van der Waals surface area (Å²) in [6.07, 6.45) is 2.79. The van der Waals surface area contributed by atoms with Gasteiger partial charge < -0.3 is 10.4 Å². The quantitative estimate of drug-likeness (QED) is 0.842. The lowest BCUT2D eigenvalue weighted by Crippen LogP contribution is -2.39. The molecule has 0 aromatic heterocycles. The Hall–Kier alpha value is -1.06. The van der Waals surface area contributed by atoms with Crippen molar-refractivity contribution in [1.29, 1.82) is 0 Å². The first-order valence-electron chi connectivity index (χ1n) is 5.80. The first-order valence-corrected chi connectivity index (χ1v) is 6.18. The van der Waals surface area contributed by atoms with Crippen molar-refractivity contribution in [2.24, 2.45) is 0 Å². The molecule has 1 fully saturated rings. The van der Waals surface area contributed by atoms with Crippen molar-refractivity contribution >= 4 is 17.5 Å². The van der Waals surface area contributed by atoms with Gasteiger partial charge in [-0.25, -0.2) is 0 Å². The Balaban J connectivity index is 1.82. The van der Waals surface area contributed by atoms with E-state index in [4.69, 9.17) is 16.7 Å². The molecule has 1 aromatic carbocycles. The van der Waals surface area contributed by atoms with Gasteiger partial charge in [-0.2, -0.15) is 0 Å². The van der Waals surface area contributed by atoms with Gasteiger partial charge in [0, 0.05) is 11.4 Å². The van der Waals surface area contributed by atoms with Crippen LogP contribution in [-0.4, -0.2) is 23.2 Å². The summed E-state index contributed by atoms with van der Waals surface area (Å²) in [4.78, 5) is 11.7. The van der Waals surface area contributed by atoms with Crippen LogP contribution in [0.4, 0.5) is 0 Å². The van der Waals surface area contributed by atoms with E-state index in [-0.39, 0.29) is 18.1 Å². The molecule has 2 rings (SSSR count). The third-order valence-corrected chi connectivity index (χ3v) is 3.51. The van der Waals surface area contributed by atoms with E-state index in [9.17, 15) is 4.79 Å². The first kappa shape index (κ1) is 12.4. The SMILES string of the molecule is O=C(CCc1ccccc1Cl)NC1(CO)CC1. The van der Waals surface area contributed by atoms with Crippen LogP contribution in [0.15, 0.2) is 24.3 Å². The molecule has 3 nitrogen and oxygen atoms in total. The number of carbonyl (C=O) groups is 1. The third-order valence-electron chi connectivity index (χ3n) is 3.14. The predicted molar refractivity (Wildman–Crippen MR) is 67.0 cm³/mol. The number of hydrogen-bond donors (Lipinski definition) is 2. The standard InChI is InChI=1S/C13H16ClNO2/c14-11-4-2-1-3-10(11)5-6-12(17)15-13(9-16)7-8-13/h1-4,16H,5-9H2,(H,15,17). The zero-order valence-electron chi connectivity index (χ0n) is 9.58. The van der Waals surface area contributed by atoms with Crippen LogP contribution >= 0.6 is 11.6 Å². The maximum atomic E-state index is 11.7. The fraction of sp³-hybridized carbons (Fsp3) is 0.462. The largest absolute Gasteiger partial charge is 0.394 e. The summed E-state index contributed by atoms with van der Waals surface area (Å²) in [7, 11) is 0. The fourth-order valence-corrected chi connectivity index (χ4v) is 2.01. The molecular weight excluding hydrogens is 238 g/mol. The van der Waals surface area contributed by atoms with Gasteiger partial charge in [0.05, 0.1) is 12.1 Å². The van der Waals surface area contributed by atoms with Gasteiger partial charge in [0.25, 0.3) is 0 Å². The molecule has 1 aliphatic carbocycles. The molecule has 0 bridgehead atoms. The second kappa shape index (κ2) is 5.07. The molecule has 0 atom stereocenters. The van der Waals surface area contributed by atoms with Gasteiger partial charge in [-0.15, -0.1) is 0 Å². The Morgan fingerprint density at radius 3 is 2.71 bits per heavy atom. The molecule has 0 saturated heterocycles. The summed E-state index contributed by atoms with van der Waals surface area (Å²) in [5.74, 6) is -0.0172. The van der Waals surface area contributed by atoms with Gasteiger partial charge in [-0.3, -0.25) is 4.79 Å². The van der Waals surface area contributed by atoms with E-state index in [0.29, 0.717) is 17.9 Å². The molecule has 0 radical (unpaired) electrons. The Morgan fingerprint density at radius 1 is 1.41 bits per heavy atom. The van der Waals surface area contributed by atoms with Crippen molar-refractivity contribution in [3.63, 3.8) is 0 Å². The lowest BCUT2D eigenvalue weighted by atomic mass is 10.1. The van der Waals surface area contributed by atoms with Crippen LogP contribution in [0.1, 0.15) is 24.8 Å². The Kier molecular flexibility index (Phi) is 3.69. The van der Waals surface area contributed by atoms with Crippen molar-refractivity contribution in [2.45, 2.75) is 31.2 Å². The van der Waals surface area contributed by atoms with E-state index in [1.807, 2.05) is 24.3 Å². The molecule has 4 heteroatoms. The number of benzene rings is 1. The van der Waals surface area contributed by atoms with E-state index in [1.165, 1.54) is 0 Å². The molecule has 0 unspecified atom stereocenters. The van der Waals surface area contributed by atoms with Crippen LogP contribution in [0.25, 0.3) is 0 Å². The van der Waals surface area contributed by atoms with E-state index < -0.39 is 0 Å². The summed E-state index contributed by atoms with van der Waals surface area (Å²) in [5.41, 5.74) is 0.663. The Labute approximate surface area is 106 Å². The van der Waals surface area contributed by atoms with Crippen LogP contribution in [0.5, 0.6) is 0 Å². The van der Waals surface area contributed by atoms with Gasteiger partial charge in [0.1, 0.15) is 0 Å². The Bertz CT molecular complexity index is 416. The van der Waals surface area contributed by atoms with Crippen molar-refractivity contribution in [1.82, 2.24) is 5.32 Å². The third kappa shape index (κ3) is 3.20. The van der Waals surface area contributed by atoms with Gasteiger partial charge in [0.2, 0.25) is 5.91 Å². The number of nitrogens with one attached hydrogen (secondary N) is 1. The zero-order valence-corrected chi connectivity index (χ0v) is 10.3. The maximum Gasteiger partial charge on any atom is 0.220 e. The number of amides is 1. The van der Waals surface area contributed by atoms with Gasteiger partial charge >= 0.3 is 0 Å². The molecule has 2 N–H and O–H groups in total. The van der Waals surface area contributed by atoms with E-state index >= 15 is 0 Å². The average Bonchev–Trinajstić information content (AvgIpc) is 3.08. The highest BCUT2D eigenvalue weighted by molar-refractivity contribution is 6.31. The fourth-order valence-electron chi connectivity index (χ4n) is 1.78. The number of halogens is 1. The number of aryl methyl sites for hydroxylation is 1. The molecular formula is C13H16ClNO2. The first-order chi connectivity index (χ1) is 8.15. The number of aliphatic hydroxyl groups is 1. The lowest BCUT2D eigenvalue weighted by Gasteiger charge is -2.14. The normalized spacial score (nSPS) is 16.6. The number of rotatable bonds is 5. The minimum Gasteiger partial charge on any atom is -0.394 e. The molecule has 1 saturated carbocycles. The second-order valence-electron chi connectivity index (χ2n) is 4.58. The monoisotopic (exact) mass is 253 g/mol. The van der Waals surface area contributed by atoms with Crippen LogP contribution in [0, 0.1) is 0 Å². The summed E-state index contributed by atoms with van der Waals surface area (Å²) in [6, 6.07) is 7.53. The summed E-state index contributed by atoms with van der Waals surface area (Å²) < 4.78 is 0. The maximum absolute atomic E-state index is 11.7. The highest BCUT2D eigenvalue weighted by Crippen LogP contribution is 2.34. The molecule has 1 aliphatic rings. The molecule has 0 aliphatic heterocycles. The van der Waals surface area contributed by atoms with Crippen LogP contribution in [0.2, 0.25) is 5.02 Å². The highest BCUT2D eigenvalue weighted by atomic mass is 35.5. The Morgan fingerprint density at radius 2 is 2.12 bits per heavy atom. The van der Waals surface area contributed by atoms with Crippen molar-refractivity contribution in [2.75, 3.05) is 6.61 Å². The van der Waals surface area contributed by atoms with Crippen molar-refractivity contribution < 1.29 is 9.90 Å². The molecule has 1 amide bonds. The summed E-state index contributed by atoms with van der Waals surface area (Å²) in [5, 5.41) is 12.7. The van der Waals surface area contributed by atoms with Gasteiger partial charge in [-0.1, -0.05) is 29.8 Å². The highest BCUT2D eigenvalue weighted by Gasteiger charge is 2.43. The molecule has 0 spiro atoms. The smallest absolute Gasteiger partial charge is 0.220 e. The topological polar surface area (TPSA) is 49.3 Å². The average molecular weight is 254 g/mol. The van der Waals surface area contributed by atoms with E-state index in [0.717, 1.165) is 18.4 Å². The molecule has 1 aromatic rings. The predicted octanol–water partition coefficient (Wildman–Crippen LogP) is 1.91. The minimum absolute atomic E-state index is 0.0172. The minimum atomic E-state index is -0.322. The number of carbonyl (C=O) groups excluding carboxylic acids is 1.